The van der Waals surface area contributed by atoms with Gasteiger partial charge in [-0.1, -0.05) is 91.0 Å². The lowest BCUT2D eigenvalue weighted by Gasteiger charge is -2.43. The molecule has 6 heteroatoms. The molecule has 0 saturated carbocycles. The van der Waals surface area contributed by atoms with E-state index >= 15 is 0 Å². The van der Waals surface area contributed by atoms with Gasteiger partial charge >= 0.3 is 0 Å². The third-order valence-electron chi connectivity index (χ3n) is 6.84. The number of aryl methyl sites for hydroxylation is 1. The zero-order valence-electron chi connectivity index (χ0n) is 20.4. The molecule has 0 fully saturated rings. The highest BCUT2D eigenvalue weighted by atomic mass is 16.2. The monoisotopic (exact) mass is 478 g/mol. The molecular weight excluding hydrogens is 448 g/mol. The van der Waals surface area contributed by atoms with Crippen LogP contribution in [0.25, 0.3) is 11.3 Å². The Kier molecular flexibility index (Phi) is 6.67. The first-order valence-electron chi connectivity index (χ1n) is 12.4. The normalized spacial score (nSPS) is 17.0. The molecule has 1 aromatic heterocycles. The van der Waals surface area contributed by atoms with Crippen LogP contribution in [0.1, 0.15) is 35.0 Å². The molecule has 0 aliphatic carbocycles. The highest BCUT2D eigenvalue weighted by molar-refractivity contribution is 6.00. The van der Waals surface area contributed by atoms with Gasteiger partial charge < -0.3 is 10.2 Å². The molecule has 1 unspecified atom stereocenters. The van der Waals surface area contributed by atoms with Crippen molar-refractivity contribution in [3.05, 3.63) is 114 Å². The van der Waals surface area contributed by atoms with Crippen molar-refractivity contribution >= 4 is 11.8 Å². The van der Waals surface area contributed by atoms with E-state index in [-0.39, 0.29) is 11.8 Å². The first kappa shape index (κ1) is 23.5. The maximum absolute atomic E-state index is 13.8. The minimum absolute atomic E-state index is 0.165. The van der Waals surface area contributed by atoms with Crippen LogP contribution >= 0.6 is 0 Å². The zero-order chi connectivity index (χ0) is 25.0. The van der Waals surface area contributed by atoms with E-state index in [0.717, 1.165) is 29.7 Å². The Bertz CT molecular complexity index is 1340. The number of aromatic nitrogens is 2. The summed E-state index contributed by atoms with van der Waals surface area (Å²) in [6.07, 6.45) is 1.60. The molecule has 1 aliphatic rings. The summed E-state index contributed by atoms with van der Waals surface area (Å²) in [6, 6.07) is 31.7. The Morgan fingerprint density at radius 2 is 1.53 bits per heavy atom. The van der Waals surface area contributed by atoms with Crippen LogP contribution in [0.15, 0.2) is 97.1 Å². The minimum Gasteiger partial charge on any atom is -0.350 e. The van der Waals surface area contributed by atoms with Crippen LogP contribution in [0.4, 0.5) is 0 Å². The van der Waals surface area contributed by atoms with E-state index in [1.807, 2.05) is 91.9 Å². The molecule has 0 saturated heterocycles. The van der Waals surface area contributed by atoms with Crippen molar-refractivity contribution in [1.29, 1.82) is 0 Å². The van der Waals surface area contributed by atoms with Gasteiger partial charge in [-0.15, -0.1) is 0 Å². The van der Waals surface area contributed by atoms with Crippen LogP contribution in [0.5, 0.6) is 0 Å². The number of nitrogens with zero attached hydrogens (tertiary/aromatic N) is 3. The lowest BCUT2D eigenvalue weighted by atomic mass is 9.94. The first-order chi connectivity index (χ1) is 17.5. The van der Waals surface area contributed by atoms with Crippen molar-refractivity contribution in [2.75, 3.05) is 6.54 Å². The second kappa shape index (κ2) is 10.2. The van der Waals surface area contributed by atoms with Crippen molar-refractivity contribution in [1.82, 2.24) is 20.0 Å². The predicted octanol–water partition coefficient (Wildman–Crippen LogP) is 4.71. The summed E-state index contributed by atoms with van der Waals surface area (Å²) in [4.78, 5) is 29.1. The van der Waals surface area contributed by atoms with E-state index in [4.69, 9.17) is 5.10 Å². The standard InChI is InChI=1S/C30H30N4O2/c1-30(29(36)31-21-24-14-7-3-8-15-24)22-34-27(20-26(32-34)25-17-9-4-10-18-25)28(35)33(30)19-11-16-23-12-5-2-6-13-23/h2-10,12-15,17-18,20H,11,16,19,21-22H2,1H3,(H,31,36). The molecule has 1 atom stereocenters. The minimum atomic E-state index is -1.06. The van der Waals surface area contributed by atoms with Gasteiger partial charge in [-0.25, -0.2) is 0 Å². The molecule has 36 heavy (non-hydrogen) atoms. The molecule has 0 bridgehead atoms. The van der Waals surface area contributed by atoms with Gasteiger partial charge in [0.2, 0.25) is 5.91 Å². The van der Waals surface area contributed by atoms with E-state index in [2.05, 4.69) is 17.4 Å². The summed E-state index contributed by atoms with van der Waals surface area (Å²) in [5.41, 5.74) is 3.36. The number of carbonyl (C=O) groups excluding carboxylic acids is 2. The Morgan fingerprint density at radius 1 is 0.917 bits per heavy atom. The number of carbonyl (C=O) groups is 2. The van der Waals surface area contributed by atoms with Gasteiger partial charge in [0.25, 0.3) is 5.91 Å². The van der Waals surface area contributed by atoms with Crippen LogP contribution in [0, 0.1) is 0 Å². The summed E-state index contributed by atoms with van der Waals surface area (Å²) in [5, 5.41) is 7.78. The summed E-state index contributed by atoms with van der Waals surface area (Å²) < 4.78 is 1.69. The van der Waals surface area contributed by atoms with Gasteiger partial charge in [-0.3, -0.25) is 14.3 Å². The van der Waals surface area contributed by atoms with Gasteiger partial charge in [0.1, 0.15) is 11.2 Å². The zero-order valence-corrected chi connectivity index (χ0v) is 20.4. The lowest BCUT2D eigenvalue weighted by molar-refractivity contribution is -0.133. The summed E-state index contributed by atoms with van der Waals surface area (Å²) in [6.45, 7) is 3.03. The number of amides is 2. The second-order valence-corrected chi connectivity index (χ2v) is 9.43. The molecule has 2 heterocycles. The lowest BCUT2D eigenvalue weighted by Crippen LogP contribution is -2.64. The van der Waals surface area contributed by atoms with E-state index in [1.54, 1.807) is 9.58 Å². The van der Waals surface area contributed by atoms with Gasteiger partial charge in [-0.05, 0) is 37.0 Å². The largest absolute Gasteiger partial charge is 0.350 e. The summed E-state index contributed by atoms with van der Waals surface area (Å²) in [7, 11) is 0. The molecule has 1 N–H and O–H groups in total. The molecule has 0 spiro atoms. The average Bonchev–Trinajstić information content (AvgIpc) is 3.35. The quantitative estimate of drug-likeness (QED) is 0.399. The Balaban J connectivity index is 1.41. The van der Waals surface area contributed by atoms with Crippen molar-refractivity contribution < 1.29 is 9.59 Å². The number of nitrogens with one attached hydrogen (secondary N) is 1. The number of hydrogen-bond acceptors (Lipinski definition) is 3. The molecule has 2 amide bonds. The van der Waals surface area contributed by atoms with Crippen LogP contribution < -0.4 is 5.32 Å². The van der Waals surface area contributed by atoms with E-state index in [1.165, 1.54) is 5.56 Å². The number of benzene rings is 3. The van der Waals surface area contributed by atoms with E-state index in [9.17, 15) is 9.59 Å². The second-order valence-electron chi connectivity index (χ2n) is 9.43. The maximum atomic E-state index is 13.8. The summed E-state index contributed by atoms with van der Waals surface area (Å²) >= 11 is 0. The molecule has 6 nitrogen and oxygen atoms in total. The van der Waals surface area contributed by atoms with Crippen molar-refractivity contribution in [3.8, 4) is 11.3 Å². The molecular formula is C30H30N4O2. The fraction of sp³-hybridized carbons (Fsp3) is 0.233. The van der Waals surface area contributed by atoms with Crippen LogP contribution in [0.2, 0.25) is 0 Å². The fourth-order valence-electron chi connectivity index (χ4n) is 4.80. The van der Waals surface area contributed by atoms with Crippen LogP contribution in [-0.2, 0) is 24.3 Å². The predicted molar refractivity (Wildman–Crippen MR) is 140 cm³/mol. The Hall–Kier alpha value is -4.19. The number of rotatable bonds is 8. The smallest absolute Gasteiger partial charge is 0.273 e. The third-order valence-corrected chi connectivity index (χ3v) is 6.84. The SMILES string of the molecule is CC1(C(=O)NCc2ccccc2)Cn2nc(-c3ccccc3)cc2C(=O)N1CCCc1ccccc1. The van der Waals surface area contributed by atoms with Gasteiger partial charge in [0.05, 0.1) is 12.2 Å². The van der Waals surface area contributed by atoms with E-state index in [0.29, 0.717) is 25.3 Å². The molecule has 5 rings (SSSR count). The summed E-state index contributed by atoms with van der Waals surface area (Å²) in [5.74, 6) is -0.344. The molecule has 0 radical (unpaired) electrons. The number of fused-ring (bicyclic) bond motifs is 1. The highest BCUT2D eigenvalue weighted by Crippen LogP contribution is 2.30. The van der Waals surface area contributed by atoms with Gasteiger partial charge in [0.15, 0.2) is 0 Å². The Labute approximate surface area is 211 Å². The Morgan fingerprint density at radius 3 is 2.19 bits per heavy atom. The molecule has 182 valence electrons. The highest BCUT2D eigenvalue weighted by Gasteiger charge is 2.47. The van der Waals surface area contributed by atoms with Crippen LogP contribution in [-0.4, -0.2) is 38.6 Å². The van der Waals surface area contributed by atoms with Crippen LogP contribution in [0.3, 0.4) is 0 Å². The fourth-order valence-corrected chi connectivity index (χ4v) is 4.80. The van der Waals surface area contributed by atoms with E-state index < -0.39 is 5.54 Å². The maximum Gasteiger partial charge on any atom is 0.273 e. The molecule has 3 aromatic carbocycles. The number of hydrogen-bond donors (Lipinski definition) is 1. The van der Waals surface area contributed by atoms with Crippen molar-refractivity contribution in [2.45, 2.75) is 38.4 Å². The van der Waals surface area contributed by atoms with Gasteiger partial charge in [0, 0.05) is 18.7 Å². The van der Waals surface area contributed by atoms with Gasteiger partial charge in [-0.2, -0.15) is 5.10 Å². The van der Waals surface area contributed by atoms with Crippen molar-refractivity contribution in [3.63, 3.8) is 0 Å². The molecule has 1 aliphatic heterocycles. The first-order valence-corrected chi connectivity index (χ1v) is 12.4. The van der Waals surface area contributed by atoms with Crippen molar-refractivity contribution in [2.24, 2.45) is 0 Å². The molecule has 4 aromatic rings. The average molecular weight is 479 g/mol. The third kappa shape index (κ3) is 4.80. The topological polar surface area (TPSA) is 67.2 Å².